The molecule has 1 N–H and O–H groups in total. The molecule has 0 radical (unpaired) electrons. The van der Waals surface area contributed by atoms with Crippen LogP contribution in [0.1, 0.15) is 17.5 Å². The summed E-state index contributed by atoms with van der Waals surface area (Å²) in [6.07, 6.45) is 2.52. The average molecular weight is 268 g/mol. The Kier molecular flexibility index (Phi) is 3.41. The molecule has 1 aliphatic rings. The predicted octanol–water partition coefficient (Wildman–Crippen LogP) is 2.06. The Balaban J connectivity index is 1.93. The second-order valence-electron chi connectivity index (χ2n) is 3.88. The van der Waals surface area contributed by atoms with Crippen LogP contribution < -0.4 is 5.32 Å². The molecule has 2 nitrogen and oxygen atoms in total. The van der Waals surface area contributed by atoms with Gasteiger partial charge in [-0.2, -0.15) is 0 Å². The molecule has 0 aromatic heterocycles. The monoisotopic (exact) mass is 267 g/mol. The molecule has 0 atom stereocenters. The van der Waals surface area contributed by atoms with Gasteiger partial charge in [-0.15, -0.1) is 0 Å². The Morgan fingerprint density at radius 1 is 1.33 bits per heavy atom. The lowest BCUT2D eigenvalue weighted by molar-refractivity contribution is -0.121. The van der Waals surface area contributed by atoms with E-state index < -0.39 is 0 Å². The normalized spacial score (nSPS) is 15.0. The van der Waals surface area contributed by atoms with Crippen molar-refractivity contribution in [2.75, 3.05) is 5.33 Å². The molecule has 1 aromatic carbocycles. The average Bonchev–Trinajstić information content (AvgIpc) is 2.59. The van der Waals surface area contributed by atoms with E-state index >= 15 is 0 Å². The van der Waals surface area contributed by atoms with Gasteiger partial charge in [-0.3, -0.25) is 4.79 Å². The van der Waals surface area contributed by atoms with Crippen molar-refractivity contribution in [1.29, 1.82) is 0 Å². The third kappa shape index (κ3) is 2.59. The number of fused-ring (bicyclic) bond motifs is 1. The van der Waals surface area contributed by atoms with E-state index in [9.17, 15) is 4.79 Å². The molecule has 15 heavy (non-hydrogen) atoms. The fourth-order valence-electron chi connectivity index (χ4n) is 2.05. The lowest BCUT2D eigenvalue weighted by Gasteiger charge is -2.10. The van der Waals surface area contributed by atoms with Crippen molar-refractivity contribution in [3.63, 3.8) is 0 Å². The van der Waals surface area contributed by atoms with E-state index in [1.807, 2.05) is 0 Å². The van der Waals surface area contributed by atoms with Gasteiger partial charge in [-0.1, -0.05) is 40.2 Å². The van der Waals surface area contributed by atoms with Crippen molar-refractivity contribution in [3.8, 4) is 0 Å². The fraction of sp³-hybridized carbons (Fsp3) is 0.417. The summed E-state index contributed by atoms with van der Waals surface area (Å²) < 4.78 is 0. The van der Waals surface area contributed by atoms with Crippen LogP contribution in [0.15, 0.2) is 24.3 Å². The van der Waals surface area contributed by atoms with Crippen LogP contribution in [0.2, 0.25) is 0 Å². The second-order valence-corrected chi connectivity index (χ2v) is 4.67. The van der Waals surface area contributed by atoms with E-state index in [0.29, 0.717) is 12.5 Å². The van der Waals surface area contributed by atoms with Gasteiger partial charge in [0.1, 0.15) is 0 Å². The lowest BCUT2D eigenvalue weighted by Crippen LogP contribution is -2.35. The quantitative estimate of drug-likeness (QED) is 0.835. The lowest BCUT2D eigenvalue weighted by atomic mass is 10.1. The predicted molar refractivity (Wildman–Crippen MR) is 64.2 cm³/mol. The van der Waals surface area contributed by atoms with Gasteiger partial charge >= 0.3 is 0 Å². The summed E-state index contributed by atoms with van der Waals surface area (Å²) in [6, 6.07) is 8.70. The summed E-state index contributed by atoms with van der Waals surface area (Å²) in [5.74, 6) is 0.143. The molecular weight excluding hydrogens is 254 g/mol. The number of rotatable bonds is 3. The Labute approximate surface area is 98.2 Å². The van der Waals surface area contributed by atoms with Crippen LogP contribution in [0, 0.1) is 0 Å². The van der Waals surface area contributed by atoms with Crippen molar-refractivity contribution < 1.29 is 4.79 Å². The molecule has 0 bridgehead atoms. The standard InChI is InChI=1S/C12H14BrNO/c13-6-5-12(15)14-11-7-9-3-1-2-4-10(9)8-11/h1-4,11H,5-8H2,(H,14,15). The first kappa shape index (κ1) is 10.7. The number of hydrogen-bond acceptors (Lipinski definition) is 1. The molecular formula is C12H14BrNO. The first-order valence-electron chi connectivity index (χ1n) is 5.21. The third-order valence-corrected chi connectivity index (χ3v) is 3.13. The Morgan fingerprint density at radius 2 is 1.93 bits per heavy atom. The number of carbonyl (C=O) groups excluding carboxylic acids is 1. The zero-order chi connectivity index (χ0) is 10.7. The maximum atomic E-state index is 11.4. The number of halogens is 1. The van der Waals surface area contributed by atoms with Crippen molar-refractivity contribution >= 4 is 21.8 Å². The Bertz CT molecular complexity index is 339. The molecule has 0 heterocycles. The molecule has 2 rings (SSSR count). The van der Waals surface area contributed by atoms with Gasteiger partial charge in [0.25, 0.3) is 0 Å². The molecule has 1 amide bonds. The topological polar surface area (TPSA) is 29.1 Å². The van der Waals surface area contributed by atoms with E-state index in [1.165, 1.54) is 11.1 Å². The number of benzene rings is 1. The summed E-state index contributed by atoms with van der Waals surface area (Å²) in [6.45, 7) is 0. The zero-order valence-corrected chi connectivity index (χ0v) is 10.1. The number of alkyl halides is 1. The summed E-state index contributed by atoms with van der Waals surface area (Å²) >= 11 is 3.27. The molecule has 0 aliphatic heterocycles. The van der Waals surface area contributed by atoms with Crippen LogP contribution in [0.3, 0.4) is 0 Å². The molecule has 80 valence electrons. The number of nitrogens with one attached hydrogen (secondary N) is 1. The van der Waals surface area contributed by atoms with Crippen molar-refractivity contribution in [2.45, 2.75) is 25.3 Å². The highest BCUT2D eigenvalue weighted by Gasteiger charge is 2.21. The molecule has 0 saturated heterocycles. The van der Waals surface area contributed by atoms with Gasteiger partial charge < -0.3 is 5.32 Å². The highest BCUT2D eigenvalue weighted by molar-refractivity contribution is 9.09. The first-order chi connectivity index (χ1) is 7.29. The summed E-state index contributed by atoms with van der Waals surface area (Å²) in [4.78, 5) is 11.4. The van der Waals surface area contributed by atoms with Crippen LogP contribution in [-0.2, 0) is 17.6 Å². The first-order valence-corrected chi connectivity index (χ1v) is 6.34. The minimum atomic E-state index is 0.143. The smallest absolute Gasteiger partial charge is 0.221 e. The molecule has 3 heteroatoms. The second kappa shape index (κ2) is 4.79. The van der Waals surface area contributed by atoms with E-state index in [-0.39, 0.29) is 5.91 Å². The number of hydrogen-bond donors (Lipinski definition) is 1. The molecule has 1 aromatic rings. The zero-order valence-electron chi connectivity index (χ0n) is 8.50. The van der Waals surface area contributed by atoms with Crippen molar-refractivity contribution in [1.82, 2.24) is 5.32 Å². The molecule has 1 aliphatic carbocycles. The van der Waals surface area contributed by atoms with Gasteiger partial charge in [-0.25, -0.2) is 0 Å². The summed E-state index contributed by atoms with van der Waals surface area (Å²) in [7, 11) is 0. The van der Waals surface area contributed by atoms with Gasteiger partial charge in [0.05, 0.1) is 0 Å². The van der Waals surface area contributed by atoms with Crippen LogP contribution in [-0.4, -0.2) is 17.3 Å². The Morgan fingerprint density at radius 3 is 2.47 bits per heavy atom. The van der Waals surface area contributed by atoms with Crippen molar-refractivity contribution in [2.24, 2.45) is 0 Å². The van der Waals surface area contributed by atoms with Gasteiger partial charge in [0.2, 0.25) is 5.91 Å². The largest absolute Gasteiger partial charge is 0.353 e. The maximum Gasteiger partial charge on any atom is 0.221 e. The fourth-order valence-corrected chi connectivity index (χ4v) is 2.41. The number of amides is 1. The van der Waals surface area contributed by atoms with Gasteiger partial charge in [0, 0.05) is 17.8 Å². The minimum Gasteiger partial charge on any atom is -0.353 e. The van der Waals surface area contributed by atoms with Gasteiger partial charge in [-0.05, 0) is 24.0 Å². The Hall–Kier alpha value is -0.830. The van der Waals surface area contributed by atoms with Gasteiger partial charge in [0.15, 0.2) is 0 Å². The minimum absolute atomic E-state index is 0.143. The highest BCUT2D eigenvalue weighted by atomic mass is 79.9. The van der Waals surface area contributed by atoms with Crippen LogP contribution in [0.4, 0.5) is 0 Å². The van der Waals surface area contributed by atoms with Crippen LogP contribution in [0.5, 0.6) is 0 Å². The van der Waals surface area contributed by atoms with Crippen molar-refractivity contribution in [3.05, 3.63) is 35.4 Å². The van der Waals surface area contributed by atoms with Crippen LogP contribution in [0.25, 0.3) is 0 Å². The van der Waals surface area contributed by atoms with E-state index in [0.717, 1.165) is 18.2 Å². The number of carbonyl (C=O) groups is 1. The van der Waals surface area contributed by atoms with Crippen LogP contribution >= 0.6 is 15.9 Å². The molecule has 0 spiro atoms. The maximum absolute atomic E-state index is 11.4. The third-order valence-electron chi connectivity index (χ3n) is 2.74. The molecule has 0 saturated carbocycles. The molecule has 0 unspecified atom stereocenters. The molecule has 0 fully saturated rings. The van der Waals surface area contributed by atoms with E-state index in [1.54, 1.807) is 0 Å². The SMILES string of the molecule is O=C(CCBr)NC1Cc2ccccc2C1. The summed E-state index contributed by atoms with van der Waals surface area (Å²) in [5.41, 5.74) is 2.75. The highest BCUT2D eigenvalue weighted by Crippen LogP contribution is 2.21. The summed E-state index contributed by atoms with van der Waals surface area (Å²) in [5, 5.41) is 3.79. The van der Waals surface area contributed by atoms with E-state index in [4.69, 9.17) is 0 Å². The van der Waals surface area contributed by atoms with E-state index in [2.05, 4.69) is 45.5 Å².